The Kier molecular flexibility index (Phi) is 6.57. The molecule has 1 aromatic carbocycles. The summed E-state index contributed by atoms with van der Waals surface area (Å²) in [6.07, 6.45) is 5.11. The van der Waals surface area contributed by atoms with Gasteiger partial charge in [-0.15, -0.1) is 5.10 Å². The zero-order valence-electron chi connectivity index (χ0n) is 19.9. The van der Waals surface area contributed by atoms with Crippen LogP contribution in [-0.4, -0.2) is 52.7 Å². The van der Waals surface area contributed by atoms with Gasteiger partial charge in [0.25, 0.3) is 0 Å². The van der Waals surface area contributed by atoms with E-state index in [1.807, 2.05) is 24.3 Å². The standard InChI is InChI=1S/C26H24N8O3/c27-13-17-5-3-6-18(11-17)20-12-21(31-25(30-20)28-14-24(35)36)22-16-34(33-32-22)15-19-7-4-8-23(29-19)26(37)9-1-2-10-26/h3-8,11-12,16,37H,1-2,9-10,14-15H2,(H,35,36)(H,28,30,31). The normalized spacial score (nSPS) is 14.3. The van der Waals surface area contributed by atoms with Gasteiger partial charge in [0, 0.05) is 5.56 Å². The third-order valence-electron chi connectivity index (χ3n) is 6.25. The van der Waals surface area contributed by atoms with E-state index in [0.29, 0.717) is 53.3 Å². The second-order valence-corrected chi connectivity index (χ2v) is 8.96. The topological polar surface area (TPSA) is 163 Å². The number of nitrogens with zero attached hydrogens (tertiary/aromatic N) is 7. The van der Waals surface area contributed by atoms with E-state index in [9.17, 15) is 15.2 Å². The zero-order chi connectivity index (χ0) is 25.8. The maximum atomic E-state index is 11.1. The molecule has 1 saturated carbocycles. The smallest absolute Gasteiger partial charge is 0.322 e. The second-order valence-electron chi connectivity index (χ2n) is 8.96. The Morgan fingerprint density at radius 3 is 2.62 bits per heavy atom. The molecule has 3 N–H and O–H groups in total. The van der Waals surface area contributed by atoms with Gasteiger partial charge in [-0.3, -0.25) is 9.78 Å². The van der Waals surface area contributed by atoms with Crippen molar-refractivity contribution in [1.29, 1.82) is 5.26 Å². The van der Waals surface area contributed by atoms with Crippen LogP contribution < -0.4 is 5.32 Å². The molecule has 0 bridgehead atoms. The molecule has 1 fully saturated rings. The van der Waals surface area contributed by atoms with E-state index in [2.05, 4.69) is 36.7 Å². The van der Waals surface area contributed by atoms with E-state index in [1.165, 1.54) is 0 Å². The number of nitrogens with one attached hydrogen (secondary N) is 1. The molecule has 1 aliphatic carbocycles. The largest absolute Gasteiger partial charge is 0.480 e. The van der Waals surface area contributed by atoms with E-state index in [1.54, 1.807) is 35.1 Å². The molecule has 0 aliphatic heterocycles. The minimum absolute atomic E-state index is 0.117. The summed E-state index contributed by atoms with van der Waals surface area (Å²) in [5.41, 5.74) is 3.11. The maximum Gasteiger partial charge on any atom is 0.322 e. The van der Waals surface area contributed by atoms with Crippen LogP contribution in [0.3, 0.4) is 0 Å². The first kappa shape index (κ1) is 24.0. The number of carboxylic acid groups (broad SMARTS) is 1. The summed E-state index contributed by atoms with van der Waals surface area (Å²) in [7, 11) is 0. The Bertz CT molecular complexity index is 1490. The van der Waals surface area contributed by atoms with Crippen molar-refractivity contribution < 1.29 is 15.0 Å². The third-order valence-corrected chi connectivity index (χ3v) is 6.25. The summed E-state index contributed by atoms with van der Waals surface area (Å²) in [4.78, 5) is 24.6. The molecule has 1 aliphatic rings. The number of nitriles is 1. The Morgan fingerprint density at radius 1 is 1.05 bits per heavy atom. The molecule has 186 valence electrons. The Morgan fingerprint density at radius 2 is 1.84 bits per heavy atom. The summed E-state index contributed by atoms with van der Waals surface area (Å²) in [5, 5.41) is 40.4. The Balaban J connectivity index is 1.44. The fourth-order valence-electron chi connectivity index (χ4n) is 4.41. The number of aromatic nitrogens is 6. The SMILES string of the molecule is N#Cc1cccc(-c2cc(-c3cn(Cc4cccc(C5(O)CCCC5)n4)nn3)nc(NCC(=O)O)n2)c1. The van der Waals surface area contributed by atoms with Gasteiger partial charge in [0.15, 0.2) is 0 Å². The van der Waals surface area contributed by atoms with Gasteiger partial charge in [-0.05, 0) is 43.2 Å². The van der Waals surface area contributed by atoms with Crippen molar-refractivity contribution >= 4 is 11.9 Å². The van der Waals surface area contributed by atoms with Gasteiger partial charge in [-0.2, -0.15) is 5.26 Å². The number of hydrogen-bond acceptors (Lipinski definition) is 9. The van der Waals surface area contributed by atoms with Gasteiger partial charge >= 0.3 is 5.97 Å². The first-order valence-corrected chi connectivity index (χ1v) is 11.9. The van der Waals surface area contributed by atoms with Crippen LogP contribution in [-0.2, 0) is 16.9 Å². The average Bonchev–Trinajstić information content (AvgIpc) is 3.57. The molecule has 0 radical (unpaired) electrons. The molecule has 3 aromatic heterocycles. The molecular formula is C26H24N8O3. The van der Waals surface area contributed by atoms with Gasteiger partial charge in [0.1, 0.15) is 17.8 Å². The lowest BCUT2D eigenvalue weighted by Gasteiger charge is -2.21. The monoisotopic (exact) mass is 496 g/mol. The minimum atomic E-state index is -1.05. The predicted octanol–water partition coefficient (Wildman–Crippen LogP) is 2.98. The highest BCUT2D eigenvalue weighted by molar-refractivity contribution is 5.73. The van der Waals surface area contributed by atoms with Crippen LogP contribution >= 0.6 is 0 Å². The molecule has 11 nitrogen and oxygen atoms in total. The average molecular weight is 497 g/mol. The summed E-state index contributed by atoms with van der Waals surface area (Å²) in [6.45, 7) is -0.00856. The first-order valence-electron chi connectivity index (χ1n) is 11.9. The highest BCUT2D eigenvalue weighted by Crippen LogP contribution is 2.37. The molecule has 5 rings (SSSR count). The summed E-state index contributed by atoms with van der Waals surface area (Å²) in [5.74, 6) is -0.934. The van der Waals surface area contributed by atoms with Crippen LogP contribution in [0.5, 0.6) is 0 Å². The lowest BCUT2D eigenvalue weighted by Crippen LogP contribution is -2.23. The van der Waals surface area contributed by atoms with Crippen molar-refractivity contribution in [3.05, 3.63) is 71.7 Å². The van der Waals surface area contributed by atoms with Crippen molar-refractivity contribution in [1.82, 2.24) is 29.9 Å². The molecular weight excluding hydrogens is 472 g/mol. The van der Waals surface area contributed by atoms with Gasteiger partial charge in [-0.25, -0.2) is 14.6 Å². The Labute approximate surface area is 212 Å². The second kappa shape index (κ2) is 10.1. The lowest BCUT2D eigenvalue weighted by atomic mass is 9.97. The number of aliphatic hydroxyl groups is 1. The number of carbonyl (C=O) groups is 1. The van der Waals surface area contributed by atoms with Gasteiger partial charge in [-0.1, -0.05) is 36.3 Å². The number of carboxylic acids is 1. The van der Waals surface area contributed by atoms with Crippen molar-refractivity contribution in [3.8, 4) is 28.7 Å². The van der Waals surface area contributed by atoms with E-state index in [4.69, 9.17) is 5.11 Å². The third kappa shape index (κ3) is 5.44. The molecule has 0 spiro atoms. The summed E-state index contributed by atoms with van der Waals surface area (Å²) >= 11 is 0. The number of rotatable bonds is 8. The molecule has 4 aromatic rings. The summed E-state index contributed by atoms with van der Waals surface area (Å²) < 4.78 is 1.63. The van der Waals surface area contributed by atoms with Crippen LogP contribution in [0.15, 0.2) is 54.7 Å². The van der Waals surface area contributed by atoms with E-state index < -0.39 is 11.6 Å². The van der Waals surface area contributed by atoms with Crippen molar-refractivity contribution in [2.24, 2.45) is 0 Å². The van der Waals surface area contributed by atoms with Crippen molar-refractivity contribution in [2.75, 3.05) is 11.9 Å². The summed E-state index contributed by atoms with van der Waals surface area (Å²) in [6, 6.07) is 16.4. The fourth-order valence-corrected chi connectivity index (χ4v) is 4.41. The van der Waals surface area contributed by atoms with Crippen LogP contribution in [0, 0.1) is 11.3 Å². The van der Waals surface area contributed by atoms with E-state index in [0.717, 1.165) is 18.5 Å². The molecule has 11 heteroatoms. The predicted molar refractivity (Wildman–Crippen MR) is 133 cm³/mol. The Hall–Kier alpha value is -4.69. The van der Waals surface area contributed by atoms with Gasteiger partial charge in [0.2, 0.25) is 5.95 Å². The highest BCUT2D eigenvalue weighted by Gasteiger charge is 2.34. The first-order chi connectivity index (χ1) is 17.9. The van der Waals surface area contributed by atoms with Crippen LogP contribution in [0.1, 0.15) is 42.6 Å². The number of hydrogen-bond donors (Lipinski definition) is 3. The lowest BCUT2D eigenvalue weighted by molar-refractivity contribution is -0.134. The van der Waals surface area contributed by atoms with Gasteiger partial charge in [0.05, 0.1) is 47.1 Å². The van der Waals surface area contributed by atoms with Crippen LogP contribution in [0.4, 0.5) is 5.95 Å². The molecule has 0 saturated heterocycles. The number of pyridine rings is 1. The molecule has 0 amide bonds. The quantitative estimate of drug-likeness (QED) is 0.330. The van der Waals surface area contributed by atoms with Crippen LogP contribution in [0.2, 0.25) is 0 Å². The van der Waals surface area contributed by atoms with Crippen LogP contribution in [0.25, 0.3) is 22.6 Å². The molecule has 0 atom stereocenters. The molecule has 3 heterocycles. The highest BCUT2D eigenvalue weighted by atomic mass is 16.4. The van der Waals surface area contributed by atoms with Gasteiger partial charge < -0.3 is 15.5 Å². The molecule has 37 heavy (non-hydrogen) atoms. The molecule has 0 unspecified atom stereocenters. The van der Waals surface area contributed by atoms with E-state index in [-0.39, 0.29) is 12.5 Å². The zero-order valence-corrected chi connectivity index (χ0v) is 19.9. The number of benzene rings is 1. The minimum Gasteiger partial charge on any atom is -0.480 e. The number of aliphatic carboxylic acids is 1. The van der Waals surface area contributed by atoms with Crippen molar-refractivity contribution in [2.45, 2.75) is 37.8 Å². The maximum absolute atomic E-state index is 11.1. The fraction of sp³-hybridized carbons (Fsp3) is 0.269. The van der Waals surface area contributed by atoms with Crippen molar-refractivity contribution in [3.63, 3.8) is 0 Å². The van der Waals surface area contributed by atoms with E-state index >= 15 is 0 Å². The number of anilines is 1.